The van der Waals surface area contributed by atoms with Crippen LogP contribution >= 0.6 is 56.3 Å². The molecule has 0 aliphatic rings. The van der Waals surface area contributed by atoms with Crippen LogP contribution in [0, 0.1) is 0 Å². The zero-order chi connectivity index (χ0) is 13.8. The largest absolute Gasteiger partial charge is 0.250 e. The Morgan fingerprint density at radius 3 is 2.28 bits per heavy atom. The van der Waals surface area contributed by atoms with E-state index < -0.39 is 0 Å². The quantitative estimate of drug-likeness (QED) is 0.206. The van der Waals surface area contributed by atoms with Gasteiger partial charge in [0.25, 0.3) is 0 Å². The molecule has 0 aliphatic carbocycles. The minimum Gasteiger partial charge on any atom is -0.250 e. The minimum atomic E-state index is 0.0442. The highest BCUT2D eigenvalue weighted by molar-refractivity contribution is 9.01. The molecule has 1 rings (SSSR count). The molecule has 0 aliphatic heterocycles. The highest BCUT2D eigenvalue weighted by Gasteiger charge is 2.01. The third-order valence-electron chi connectivity index (χ3n) is 1.57. The van der Waals surface area contributed by atoms with Crippen molar-refractivity contribution in [2.24, 2.45) is 15.0 Å². The van der Waals surface area contributed by atoms with Crippen LogP contribution in [0.3, 0.4) is 0 Å². The van der Waals surface area contributed by atoms with Gasteiger partial charge >= 0.3 is 0 Å². The van der Waals surface area contributed by atoms with Gasteiger partial charge in [0.05, 0.1) is 0 Å². The molecule has 3 nitrogen and oxygen atoms in total. The minimum absolute atomic E-state index is 0.0442. The Labute approximate surface area is 130 Å². The molecule has 8 heteroatoms. The highest BCUT2D eigenvalue weighted by Crippen LogP contribution is 2.06. The summed E-state index contributed by atoms with van der Waals surface area (Å²) in [5.74, 6) is 0.447. The predicted octanol–water partition coefficient (Wildman–Crippen LogP) is 4.33. The van der Waals surface area contributed by atoms with E-state index in [1.807, 2.05) is 30.3 Å². The number of amidine groups is 2. The number of thiol groups is 2. The molecule has 0 atom stereocenters. The zero-order valence-corrected chi connectivity index (χ0v) is 13.3. The van der Waals surface area contributed by atoms with Gasteiger partial charge in [-0.3, -0.25) is 0 Å². The Balaban J connectivity index is 0.000000873. The van der Waals surface area contributed by atoms with Crippen molar-refractivity contribution in [1.29, 1.82) is 0 Å². The molecule has 18 heavy (non-hydrogen) atoms. The molecule has 0 saturated carbocycles. The smallest absolute Gasteiger partial charge is 0.223 e. The molecular formula is C10H11Cl2N3S3. The SMILES string of the molecule is C=NC(Cl)=N/C(=N\CCl)c1ccccc1.SSS. The van der Waals surface area contributed by atoms with E-state index in [0.29, 0.717) is 5.84 Å². The van der Waals surface area contributed by atoms with Gasteiger partial charge in [0.2, 0.25) is 5.29 Å². The summed E-state index contributed by atoms with van der Waals surface area (Å²) in [6.45, 7) is 3.27. The van der Waals surface area contributed by atoms with E-state index in [9.17, 15) is 0 Å². The van der Waals surface area contributed by atoms with Crippen LogP contribution < -0.4 is 0 Å². The lowest BCUT2D eigenvalue weighted by Crippen LogP contribution is -1.99. The van der Waals surface area contributed by atoms with Crippen molar-refractivity contribution < 1.29 is 0 Å². The number of hydrogen-bond donors (Lipinski definition) is 2. The number of halogens is 2. The molecule has 1 aromatic carbocycles. The Morgan fingerprint density at radius 1 is 1.28 bits per heavy atom. The van der Waals surface area contributed by atoms with Crippen LogP contribution in [0.4, 0.5) is 0 Å². The van der Waals surface area contributed by atoms with Crippen LogP contribution in [0.15, 0.2) is 45.3 Å². The van der Waals surface area contributed by atoms with Gasteiger partial charge in [-0.1, -0.05) is 53.7 Å². The number of rotatable bonds is 2. The van der Waals surface area contributed by atoms with E-state index in [4.69, 9.17) is 23.2 Å². The van der Waals surface area contributed by atoms with Crippen molar-refractivity contribution in [3.63, 3.8) is 0 Å². The molecule has 0 spiro atoms. The monoisotopic (exact) mass is 339 g/mol. The van der Waals surface area contributed by atoms with Gasteiger partial charge in [0, 0.05) is 5.56 Å². The maximum atomic E-state index is 5.64. The van der Waals surface area contributed by atoms with Crippen molar-refractivity contribution >= 4 is 74.2 Å². The van der Waals surface area contributed by atoms with Crippen LogP contribution in [0.1, 0.15) is 5.56 Å². The van der Waals surface area contributed by atoms with Crippen LogP contribution in [0.25, 0.3) is 0 Å². The van der Waals surface area contributed by atoms with Crippen molar-refractivity contribution in [3.8, 4) is 0 Å². The number of benzene rings is 1. The molecule has 0 unspecified atom stereocenters. The average molecular weight is 340 g/mol. The predicted molar refractivity (Wildman–Crippen MR) is 92.1 cm³/mol. The summed E-state index contributed by atoms with van der Waals surface area (Å²) < 4.78 is 0. The summed E-state index contributed by atoms with van der Waals surface area (Å²) in [5.41, 5.74) is 0.833. The standard InChI is InChI=1S/C10H9Cl2N3.H2S3/c1-13-10(12)15-9(14-7-11)8-5-3-2-4-6-8;1-3-2/h2-6H,1,7H2;1-2H/b14-9-,15-10?;. The van der Waals surface area contributed by atoms with Crippen LogP contribution in [0.5, 0.6) is 0 Å². The molecule has 98 valence electrons. The van der Waals surface area contributed by atoms with E-state index in [-0.39, 0.29) is 11.3 Å². The molecule has 0 amide bonds. The van der Waals surface area contributed by atoms with Gasteiger partial charge < -0.3 is 0 Å². The second-order valence-corrected chi connectivity index (χ2v) is 5.29. The lowest BCUT2D eigenvalue weighted by Gasteiger charge is -1.99. The van der Waals surface area contributed by atoms with E-state index in [2.05, 4.69) is 45.0 Å². The summed E-state index contributed by atoms with van der Waals surface area (Å²) in [5, 5.41) is 0.0442. The highest BCUT2D eigenvalue weighted by atomic mass is 35.5. The maximum Gasteiger partial charge on any atom is 0.223 e. The number of alkyl halides is 1. The van der Waals surface area contributed by atoms with Gasteiger partial charge in [-0.25, -0.2) is 9.98 Å². The van der Waals surface area contributed by atoms with Crippen molar-refractivity contribution in [3.05, 3.63) is 35.9 Å². The van der Waals surface area contributed by atoms with E-state index in [1.54, 1.807) is 0 Å². The second kappa shape index (κ2) is 11.9. The lowest BCUT2D eigenvalue weighted by molar-refractivity contribution is 1.32. The van der Waals surface area contributed by atoms with Gasteiger partial charge in [0.1, 0.15) is 6.00 Å². The topological polar surface area (TPSA) is 37.1 Å². The first-order valence-corrected chi connectivity index (χ1v) is 8.34. The zero-order valence-electron chi connectivity index (χ0n) is 9.20. The summed E-state index contributed by atoms with van der Waals surface area (Å²) in [4.78, 5) is 11.5. The fourth-order valence-electron chi connectivity index (χ4n) is 0.958. The molecule has 0 N–H and O–H groups in total. The average Bonchev–Trinajstić information content (AvgIpc) is 2.40. The summed E-state index contributed by atoms with van der Waals surface area (Å²) >= 11 is 18.3. The fraction of sp³-hybridized carbons (Fsp3) is 0.100. The Morgan fingerprint density at radius 2 is 1.83 bits per heavy atom. The summed E-state index contributed by atoms with van der Waals surface area (Å²) in [6.07, 6.45) is 0. The van der Waals surface area contributed by atoms with Crippen LogP contribution in [0.2, 0.25) is 0 Å². The Hall–Kier alpha value is -0.140. The molecule has 0 saturated heterocycles. The first-order valence-electron chi connectivity index (χ1n) is 4.51. The summed E-state index contributed by atoms with van der Waals surface area (Å²) in [7, 11) is 1.14. The second-order valence-electron chi connectivity index (χ2n) is 2.59. The summed E-state index contributed by atoms with van der Waals surface area (Å²) in [6, 6.07) is 9.51. The fourth-order valence-corrected chi connectivity index (χ4v) is 1.15. The molecule has 1 aromatic rings. The molecule has 0 aromatic heterocycles. The molecule has 0 radical (unpaired) electrons. The van der Waals surface area contributed by atoms with E-state index in [0.717, 1.165) is 15.4 Å². The first-order chi connectivity index (χ1) is 8.69. The van der Waals surface area contributed by atoms with Crippen LogP contribution in [-0.4, -0.2) is 23.9 Å². The first kappa shape index (κ1) is 17.9. The van der Waals surface area contributed by atoms with Gasteiger partial charge in [-0.2, -0.15) is 4.99 Å². The van der Waals surface area contributed by atoms with Crippen molar-refractivity contribution in [2.75, 3.05) is 6.00 Å². The van der Waals surface area contributed by atoms with Gasteiger partial charge in [0.15, 0.2) is 5.84 Å². The van der Waals surface area contributed by atoms with E-state index >= 15 is 0 Å². The number of hydrogen-bond acceptors (Lipinski definition) is 4. The molecule has 0 fully saturated rings. The molecule has 0 bridgehead atoms. The molecule has 0 heterocycles. The molecular weight excluding hydrogens is 329 g/mol. The van der Waals surface area contributed by atoms with Crippen LogP contribution in [-0.2, 0) is 0 Å². The number of nitrogens with zero attached hydrogens (tertiary/aromatic N) is 3. The third kappa shape index (κ3) is 8.05. The maximum absolute atomic E-state index is 5.64. The normalized spacial score (nSPS) is 11.6. The van der Waals surface area contributed by atoms with Crippen molar-refractivity contribution in [1.82, 2.24) is 0 Å². The number of aliphatic imine (C=N–C) groups is 3. The Kier molecular flexibility index (Phi) is 11.8. The van der Waals surface area contributed by atoms with Crippen molar-refractivity contribution in [2.45, 2.75) is 0 Å². The van der Waals surface area contributed by atoms with Gasteiger partial charge in [-0.05, 0) is 28.1 Å². The lowest BCUT2D eigenvalue weighted by atomic mass is 10.2. The Bertz CT molecular complexity index is 410. The van der Waals surface area contributed by atoms with Gasteiger partial charge in [-0.15, -0.1) is 11.6 Å². The van der Waals surface area contributed by atoms with E-state index in [1.165, 1.54) is 0 Å². The third-order valence-corrected chi connectivity index (χ3v) is 1.89.